The minimum Gasteiger partial charge on any atom is -0.504 e. The Labute approximate surface area is 170 Å². The summed E-state index contributed by atoms with van der Waals surface area (Å²) in [4.78, 5) is 22.3. The maximum absolute atomic E-state index is 11.8. The SMILES string of the molecule is CNC1CCN(Sc2cccc(C)c2C(=O)NO)CC1.CO/C=C\C=CC=O. The van der Waals surface area contributed by atoms with Crippen LogP contribution in [0.3, 0.4) is 0 Å². The van der Waals surface area contributed by atoms with Gasteiger partial charge in [0.2, 0.25) is 0 Å². The lowest BCUT2D eigenvalue weighted by molar-refractivity contribution is -0.104. The Balaban J connectivity index is 0.000000416. The van der Waals surface area contributed by atoms with E-state index in [1.165, 1.54) is 12.3 Å². The summed E-state index contributed by atoms with van der Waals surface area (Å²) in [5.74, 6) is -0.448. The average molecular weight is 408 g/mol. The van der Waals surface area contributed by atoms with Gasteiger partial charge in [-0.2, -0.15) is 0 Å². The van der Waals surface area contributed by atoms with Gasteiger partial charge in [-0.25, -0.2) is 9.79 Å². The van der Waals surface area contributed by atoms with Gasteiger partial charge in [0.1, 0.15) is 6.29 Å². The quantitative estimate of drug-likeness (QED) is 0.122. The third-order valence-corrected chi connectivity index (χ3v) is 5.33. The molecule has 1 aromatic carbocycles. The fourth-order valence-corrected chi connectivity index (χ4v) is 3.83. The first-order valence-corrected chi connectivity index (χ1v) is 9.78. The maximum atomic E-state index is 11.8. The van der Waals surface area contributed by atoms with Crippen LogP contribution in [0.15, 0.2) is 47.6 Å². The number of ether oxygens (including phenoxy) is 1. The van der Waals surface area contributed by atoms with Crippen molar-refractivity contribution in [3.05, 3.63) is 53.8 Å². The zero-order valence-corrected chi connectivity index (χ0v) is 17.4. The largest absolute Gasteiger partial charge is 0.504 e. The van der Waals surface area contributed by atoms with E-state index in [0.717, 1.165) is 36.4 Å². The maximum Gasteiger partial charge on any atom is 0.276 e. The van der Waals surface area contributed by atoms with E-state index in [-0.39, 0.29) is 0 Å². The van der Waals surface area contributed by atoms with Crippen molar-refractivity contribution in [2.75, 3.05) is 27.2 Å². The van der Waals surface area contributed by atoms with Crippen LogP contribution in [-0.2, 0) is 9.53 Å². The Kier molecular flexibility index (Phi) is 11.9. The summed E-state index contributed by atoms with van der Waals surface area (Å²) >= 11 is 1.60. The molecule has 1 heterocycles. The van der Waals surface area contributed by atoms with Gasteiger partial charge < -0.3 is 10.1 Å². The number of aldehydes is 1. The van der Waals surface area contributed by atoms with Crippen molar-refractivity contribution in [1.82, 2.24) is 15.1 Å². The summed E-state index contributed by atoms with van der Waals surface area (Å²) in [6.45, 7) is 3.86. The van der Waals surface area contributed by atoms with E-state index >= 15 is 0 Å². The van der Waals surface area contributed by atoms with Crippen molar-refractivity contribution in [3.8, 4) is 0 Å². The molecule has 0 unspecified atom stereocenters. The van der Waals surface area contributed by atoms with Gasteiger partial charge in [-0.3, -0.25) is 14.8 Å². The highest BCUT2D eigenvalue weighted by Gasteiger charge is 2.21. The van der Waals surface area contributed by atoms with Crippen molar-refractivity contribution in [1.29, 1.82) is 0 Å². The number of hydrogen-bond donors (Lipinski definition) is 3. The molecule has 154 valence electrons. The minimum atomic E-state index is -0.448. The number of allylic oxidation sites excluding steroid dienone is 3. The van der Waals surface area contributed by atoms with Gasteiger partial charge in [-0.05, 0) is 62.5 Å². The minimum absolute atomic E-state index is 0.448. The van der Waals surface area contributed by atoms with Crippen LogP contribution < -0.4 is 10.8 Å². The first-order chi connectivity index (χ1) is 13.6. The number of rotatable bonds is 7. The average Bonchev–Trinajstić information content (AvgIpc) is 2.72. The standard InChI is InChI=1S/C14H21N3O2S.C6H8O2/c1-10-4-3-5-12(13(10)14(18)16-19)20-17-8-6-11(15-2)7-9-17;1-8-6-4-2-3-5-7/h3-5,11,15,19H,6-9H2,1-2H3,(H,16,18);2-6H,1H3/b;3-2?,6-4-. The lowest BCUT2D eigenvalue weighted by atomic mass is 10.1. The summed E-state index contributed by atoms with van der Waals surface area (Å²) < 4.78 is 6.82. The lowest BCUT2D eigenvalue weighted by Gasteiger charge is -2.31. The zero-order valence-electron chi connectivity index (χ0n) is 16.6. The number of nitrogens with one attached hydrogen (secondary N) is 2. The number of hydrogen-bond acceptors (Lipinski definition) is 7. The van der Waals surface area contributed by atoms with Crippen LogP contribution in [0.1, 0.15) is 28.8 Å². The second-order valence-electron chi connectivity index (χ2n) is 6.06. The summed E-state index contributed by atoms with van der Waals surface area (Å²) in [5, 5.41) is 12.2. The van der Waals surface area contributed by atoms with E-state index in [9.17, 15) is 9.59 Å². The first-order valence-electron chi connectivity index (χ1n) is 9.01. The molecule has 0 radical (unpaired) electrons. The van der Waals surface area contributed by atoms with E-state index in [0.29, 0.717) is 17.9 Å². The van der Waals surface area contributed by atoms with Crippen LogP contribution in [0.25, 0.3) is 0 Å². The molecule has 7 nitrogen and oxygen atoms in total. The molecule has 3 N–H and O–H groups in total. The predicted molar refractivity (Wildman–Crippen MR) is 111 cm³/mol. The number of nitrogens with zero attached hydrogens (tertiary/aromatic N) is 1. The number of aryl methyl sites for hydroxylation is 1. The monoisotopic (exact) mass is 407 g/mol. The molecule has 2 rings (SSSR count). The van der Waals surface area contributed by atoms with Gasteiger partial charge >= 0.3 is 0 Å². The Morgan fingerprint density at radius 3 is 2.57 bits per heavy atom. The van der Waals surface area contributed by atoms with Crippen molar-refractivity contribution >= 4 is 24.1 Å². The number of benzene rings is 1. The molecular formula is C20H29N3O4S. The van der Waals surface area contributed by atoms with Gasteiger partial charge in [-0.1, -0.05) is 18.2 Å². The zero-order chi connectivity index (χ0) is 20.8. The number of piperidine rings is 1. The van der Waals surface area contributed by atoms with E-state index < -0.39 is 5.91 Å². The number of carbonyl (C=O) groups excluding carboxylic acids is 2. The molecular weight excluding hydrogens is 378 g/mol. The van der Waals surface area contributed by atoms with Crippen molar-refractivity contribution in [3.63, 3.8) is 0 Å². The molecule has 1 saturated heterocycles. The van der Waals surface area contributed by atoms with E-state index in [1.54, 1.807) is 36.7 Å². The molecule has 1 aromatic rings. The molecule has 1 amide bonds. The Morgan fingerprint density at radius 2 is 2.00 bits per heavy atom. The van der Waals surface area contributed by atoms with Gasteiger partial charge in [0.15, 0.2) is 0 Å². The molecule has 0 bridgehead atoms. The first kappa shape index (κ1) is 23.9. The normalized spacial score (nSPS) is 15.3. The van der Waals surface area contributed by atoms with Crippen molar-refractivity contribution in [2.45, 2.75) is 30.7 Å². The second kappa shape index (κ2) is 14.0. The van der Waals surface area contributed by atoms with Crippen LogP contribution >= 0.6 is 11.9 Å². The van der Waals surface area contributed by atoms with Crippen molar-refractivity contribution < 1.29 is 19.5 Å². The number of hydroxylamine groups is 1. The molecule has 28 heavy (non-hydrogen) atoms. The van der Waals surface area contributed by atoms with Gasteiger partial charge in [0, 0.05) is 24.0 Å². The molecule has 0 saturated carbocycles. The second-order valence-corrected chi connectivity index (χ2v) is 7.20. The van der Waals surface area contributed by atoms with Crippen LogP contribution in [0.4, 0.5) is 0 Å². The van der Waals surface area contributed by atoms with E-state index in [2.05, 4.69) is 14.4 Å². The van der Waals surface area contributed by atoms with Crippen molar-refractivity contribution in [2.24, 2.45) is 0 Å². The molecule has 0 atom stereocenters. The van der Waals surface area contributed by atoms with E-state index in [4.69, 9.17) is 5.21 Å². The predicted octanol–water partition coefficient (Wildman–Crippen LogP) is 2.71. The summed E-state index contributed by atoms with van der Waals surface area (Å²) in [6, 6.07) is 6.32. The van der Waals surface area contributed by atoms with E-state index in [1.807, 2.05) is 32.2 Å². The Morgan fingerprint density at radius 1 is 1.29 bits per heavy atom. The van der Waals surface area contributed by atoms with Crippen LogP contribution in [0, 0.1) is 6.92 Å². The lowest BCUT2D eigenvalue weighted by Crippen LogP contribution is -2.38. The molecule has 1 fully saturated rings. The molecule has 1 aliphatic heterocycles. The molecule has 1 aliphatic rings. The van der Waals surface area contributed by atoms with Crippen LogP contribution in [0.2, 0.25) is 0 Å². The third-order valence-electron chi connectivity index (χ3n) is 4.17. The van der Waals surface area contributed by atoms with Gasteiger partial charge in [0.25, 0.3) is 5.91 Å². The molecule has 8 heteroatoms. The summed E-state index contributed by atoms with van der Waals surface area (Å²) in [7, 11) is 3.54. The highest BCUT2D eigenvalue weighted by molar-refractivity contribution is 7.97. The summed E-state index contributed by atoms with van der Waals surface area (Å²) in [5.41, 5.74) is 3.15. The Bertz CT molecular complexity index is 671. The fraction of sp³-hybridized carbons (Fsp3) is 0.400. The molecule has 0 aliphatic carbocycles. The molecule has 0 aromatic heterocycles. The number of carbonyl (C=O) groups is 2. The Hall–Kier alpha value is -2.13. The summed E-state index contributed by atoms with van der Waals surface area (Å²) in [6.07, 6.45) is 9.02. The highest BCUT2D eigenvalue weighted by atomic mass is 32.2. The van der Waals surface area contributed by atoms with Gasteiger partial charge in [0.05, 0.1) is 18.9 Å². The fourth-order valence-electron chi connectivity index (χ4n) is 2.67. The van der Waals surface area contributed by atoms with Crippen LogP contribution in [-0.4, -0.2) is 55.0 Å². The van der Waals surface area contributed by atoms with Crippen LogP contribution in [0.5, 0.6) is 0 Å². The smallest absolute Gasteiger partial charge is 0.276 e. The number of methoxy groups -OCH3 is 1. The number of amides is 1. The highest BCUT2D eigenvalue weighted by Crippen LogP contribution is 2.30. The third kappa shape index (κ3) is 8.26. The topological polar surface area (TPSA) is 90.9 Å². The molecule has 0 spiro atoms. The van der Waals surface area contributed by atoms with Gasteiger partial charge in [-0.15, -0.1) is 0 Å².